The molecule has 0 aliphatic rings. The third kappa shape index (κ3) is 5.82. The zero-order valence-corrected chi connectivity index (χ0v) is 19.4. The predicted molar refractivity (Wildman–Crippen MR) is 127 cm³/mol. The molecule has 4 aromatic rings. The molecule has 0 saturated carbocycles. The molecule has 0 aliphatic carbocycles. The summed E-state index contributed by atoms with van der Waals surface area (Å²) in [4.78, 5) is 32.8. The minimum absolute atomic E-state index is 0.0213. The van der Waals surface area contributed by atoms with E-state index in [9.17, 15) is 18.0 Å². The normalized spacial score (nSPS) is 12.2. The lowest BCUT2D eigenvalue weighted by atomic mass is 9.96. The standard InChI is InChI=1S/C24H22F3N7O2/c1-14(16-4-3-5-17-18(22(35)28-2)6-7-29-21(16)17)9-30-20-8-19(33-13-34-20)15-10-31-23(32-11-15)36-12-24(25,26)27/h3-8,10-11,13-14H,9,12H2,1-2H3,(H,28,35)(H,30,33,34)/t14-/m1/s1. The molecule has 1 atom stereocenters. The van der Waals surface area contributed by atoms with Gasteiger partial charge in [-0.3, -0.25) is 9.78 Å². The highest BCUT2D eigenvalue weighted by molar-refractivity contribution is 6.06. The first-order valence-electron chi connectivity index (χ1n) is 10.9. The van der Waals surface area contributed by atoms with Crippen LogP contribution in [0.3, 0.4) is 0 Å². The Labute approximate surface area is 204 Å². The molecule has 1 amide bonds. The molecule has 0 radical (unpaired) electrons. The van der Waals surface area contributed by atoms with Crippen molar-refractivity contribution in [3.05, 3.63) is 66.4 Å². The maximum Gasteiger partial charge on any atom is 0.422 e. The molecule has 1 aromatic carbocycles. The summed E-state index contributed by atoms with van der Waals surface area (Å²) >= 11 is 0. The topological polar surface area (TPSA) is 115 Å². The molecule has 3 heterocycles. The van der Waals surface area contributed by atoms with Crippen molar-refractivity contribution in [1.29, 1.82) is 0 Å². The van der Waals surface area contributed by atoms with Crippen LogP contribution in [-0.2, 0) is 0 Å². The van der Waals surface area contributed by atoms with E-state index < -0.39 is 12.8 Å². The fraction of sp³-hybridized carbons (Fsp3) is 0.250. The number of carbonyl (C=O) groups excluding carboxylic acids is 1. The first-order valence-corrected chi connectivity index (χ1v) is 10.9. The SMILES string of the molecule is CNC(=O)c1ccnc2c([C@H](C)CNc3cc(-c4cnc(OCC(F)(F)F)nc4)ncn3)cccc12. The van der Waals surface area contributed by atoms with Gasteiger partial charge in [-0.15, -0.1) is 0 Å². The average molecular weight is 497 g/mol. The number of pyridine rings is 1. The van der Waals surface area contributed by atoms with E-state index in [1.807, 2.05) is 25.1 Å². The minimum Gasteiger partial charge on any atom is -0.454 e. The van der Waals surface area contributed by atoms with Gasteiger partial charge in [0.1, 0.15) is 12.1 Å². The molecule has 0 fully saturated rings. The lowest BCUT2D eigenvalue weighted by molar-refractivity contribution is -0.154. The third-order valence-electron chi connectivity index (χ3n) is 5.35. The molecule has 0 unspecified atom stereocenters. The maximum atomic E-state index is 12.3. The number of benzene rings is 1. The number of carbonyl (C=O) groups is 1. The van der Waals surface area contributed by atoms with Crippen LogP contribution in [0, 0.1) is 0 Å². The number of ether oxygens (including phenoxy) is 1. The van der Waals surface area contributed by atoms with Crippen LogP contribution in [0.15, 0.2) is 55.2 Å². The summed E-state index contributed by atoms with van der Waals surface area (Å²) < 4.78 is 41.4. The van der Waals surface area contributed by atoms with E-state index in [1.54, 1.807) is 25.4 Å². The lowest BCUT2D eigenvalue weighted by Gasteiger charge is -2.16. The van der Waals surface area contributed by atoms with Crippen LogP contribution < -0.4 is 15.4 Å². The zero-order valence-electron chi connectivity index (χ0n) is 19.4. The van der Waals surface area contributed by atoms with Crippen molar-refractivity contribution < 1.29 is 22.7 Å². The van der Waals surface area contributed by atoms with Crippen LogP contribution in [0.4, 0.5) is 19.0 Å². The van der Waals surface area contributed by atoms with Crippen LogP contribution in [0.5, 0.6) is 6.01 Å². The molecule has 4 rings (SSSR count). The van der Waals surface area contributed by atoms with Gasteiger partial charge >= 0.3 is 12.2 Å². The van der Waals surface area contributed by atoms with Crippen molar-refractivity contribution in [2.75, 3.05) is 25.5 Å². The fourth-order valence-corrected chi connectivity index (χ4v) is 3.58. The molecular formula is C24H22F3N7O2. The van der Waals surface area contributed by atoms with E-state index >= 15 is 0 Å². The van der Waals surface area contributed by atoms with Crippen LogP contribution in [0.1, 0.15) is 28.8 Å². The Bertz CT molecular complexity index is 1360. The Morgan fingerprint density at radius 3 is 2.58 bits per heavy atom. The molecule has 36 heavy (non-hydrogen) atoms. The number of halogens is 3. The van der Waals surface area contributed by atoms with Crippen LogP contribution >= 0.6 is 0 Å². The molecular weight excluding hydrogens is 475 g/mol. The summed E-state index contributed by atoms with van der Waals surface area (Å²) in [5.41, 5.74) is 3.27. The van der Waals surface area contributed by atoms with Gasteiger partial charge in [0.15, 0.2) is 6.61 Å². The van der Waals surface area contributed by atoms with E-state index in [1.165, 1.54) is 18.7 Å². The predicted octanol–water partition coefficient (Wildman–Crippen LogP) is 4.00. The van der Waals surface area contributed by atoms with Gasteiger partial charge in [0.05, 0.1) is 16.8 Å². The number of aromatic nitrogens is 5. The molecule has 2 N–H and O–H groups in total. The highest BCUT2D eigenvalue weighted by atomic mass is 19.4. The van der Waals surface area contributed by atoms with Gasteiger partial charge in [0.2, 0.25) is 0 Å². The number of anilines is 1. The Kier molecular flexibility index (Phi) is 7.23. The number of hydrogen-bond donors (Lipinski definition) is 2. The molecule has 0 saturated heterocycles. The van der Waals surface area contributed by atoms with E-state index in [4.69, 9.17) is 0 Å². The zero-order chi connectivity index (χ0) is 25.7. The van der Waals surface area contributed by atoms with Crippen molar-refractivity contribution in [1.82, 2.24) is 30.2 Å². The Balaban J connectivity index is 1.46. The van der Waals surface area contributed by atoms with Crippen LogP contribution in [0.2, 0.25) is 0 Å². The van der Waals surface area contributed by atoms with Gasteiger partial charge in [-0.1, -0.05) is 25.1 Å². The average Bonchev–Trinajstić information content (AvgIpc) is 2.89. The second-order valence-corrected chi connectivity index (χ2v) is 7.91. The van der Waals surface area contributed by atoms with Crippen molar-refractivity contribution in [2.24, 2.45) is 0 Å². The monoisotopic (exact) mass is 497 g/mol. The molecule has 0 bridgehead atoms. The Morgan fingerprint density at radius 1 is 1.08 bits per heavy atom. The Hall–Kier alpha value is -4.35. The smallest absolute Gasteiger partial charge is 0.422 e. The molecule has 9 nitrogen and oxygen atoms in total. The van der Waals surface area contributed by atoms with Gasteiger partial charge in [0.25, 0.3) is 5.91 Å². The van der Waals surface area contributed by atoms with Gasteiger partial charge in [-0.05, 0) is 11.6 Å². The van der Waals surface area contributed by atoms with Gasteiger partial charge < -0.3 is 15.4 Å². The minimum atomic E-state index is -4.47. The van der Waals surface area contributed by atoms with E-state index in [2.05, 4.69) is 40.3 Å². The molecule has 0 spiro atoms. The number of fused-ring (bicyclic) bond motifs is 1. The first-order chi connectivity index (χ1) is 17.2. The van der Waals surface area contributed by atoms with Crippen molar-refractivity contribution in [3.8, 4) is 17.3 Å². The van der Waals surface area contributed by atoms with Crippen molar-refractivity contribution in [3.63, 3.8) is 0 Å². The van der Waals surface area contributed by atoms with E-state index in [0.29, 0.717) is 29.2 Å². The summed E-state index contributed by atoms with van der Waals surface area (Å²) in [6.07, 6.45) is 1.18. The second-order valence-electron chi connectivity index (χ2n) is 7.91. The highest BCUT2D eigenvalue weighted by Crippen LogP contribution is 2.27. The highest BCUT2D eigenvalue weighted by Gasteiger charge is 2.29. The molecule has 186 valence electrons. The summed E-state index contributed by atoms with van der Waals surface area (Å²) in [6, 6.07) is 8.74. The number of amides is 1. The number of hydrogen-bond acceptors (Lipinski definition) is 8. The summed E-state index contributed by atoms with van der Waals surface area (Å²) in [5, 5.41) is 6.69. The van der Waals surface area contributed by atoms with Crippen molar-refractivity contribution in [2.45, 2.75) is 19.0 Å². The number of nitrogens with zero attached hydrogens (tertiary/aromatic N) is 5. The maximum absolute atomic E-state index is 12.3. The van der Waals surface area contributed by atoms with Crippen LogP contribution in [0.25, 0.3) is 22.2 Å². The summed E-state index contributed by atoms with van der Waals surface area (Å²) in [7, 11) is 1.59. The lowest BCUT2D eigenvalue weighted by Crippen LogP contribution is -2.20. The van der Waals surface area contributed by atoms with Gasteiger partial charge in [-0.25, -0.2) is 19.9 Å². The number of para-hydroxylation sites is 1. The molecule has 12 heteroatoms. The molecule has 3 aromatic heterocycles. The molecule has 0 aliphatic heterocycles. The van der Waals surface area contributed by atoms with Crippen LogP contribution in [-0.4, -0.2) is 57.2 Å². The summed E-state index contributed by atoms with van der Waals surface area (Å²) in [6.45, 7) is 1.08. The first kappa shape index (κ1) is 24.8. The Morgan fingerprint density at radius 2 is 1.86 bits per heavy atom. The fourth-order valence-electron chi connectivity index (χ4n) is 3.58. The van der Waals surface area contributed by atoms with E-state index in [0.717, 1.165) is 16.5 Å². The number of rotatable bonds is 8. The van der Waals surface area contributed by atoms with Gasteiger partial charge in [0, 0.05) is 55.1 Å². The number of nitrogens with one attached hydrogen (secondary N) is 2. The second kappa shape index (κ2) is 10.5. The quantitative estimate of drug-likeness (QED) is 0.376. The van der Waals surface area contributed by atoms with E-state index in [-0.39, 0.29) is 17.8 Å². The van der Waals surface area contributed by atoms with Crippen molar-refractivity contribution >= 4 is 22.6 Å². The van der Waals surface area contributed by atoms with Gasteiger partial charge in [-0.2, -0.15) is 13.2 Å². The largest absolute Gasteiger partial charge is 0.454 e. The number of alkyl halides is 3. The summed E-state index contributed by atoms with van der Waals surface area (Å²) in [5.74, 6) is 0.388. The third-order valence-corrected chi connectivity index (χ3v) is 5.35.